The molecule has 0 fully saturated rings. The van der Waals surface area contributed by atoms with E-state index in [1.807, 2.05) is 0 Å². The van der Waals surface area contributed by atoms with Crippen LogP contribution in [0.5, 0.6) is 5.75 Å². The summed E-state index contributed by atoms with van der Waals surface area (Å²) in [6, 6.07) is 9.67. The molecule has 18 heavy (non-hydrogen) atoms. The third-order valence-electron chi connectivity index (χ3n) is 2.18. The van der Waals surface area contributed by atoms with Gasteiger partial charge < -0.3 is 5.11 Å². The fourth-order valence-corrected chi connectivity index (χ4v) is 2.26. The Hall–Kier alpha value is -2.08. The molecule has 0 unspecified atom stereocenters. The van der Waals surface area contributed by atoms with Gasteiger partial charge in [0.1, 0.15) is 11.6 Å². The fraction of sp³-hybridized carbons (Fsp3) is 0. The zero-order chi connectivity index (χ0) is 13.1. The Morgan fingerprint density at radius 1 is 1.17 bits per heavy atom. The van der Waals surface area contributed by atoms with Gasteiger partial charge >= 0.3 is 0 Å². The summed E-state index contributed by atoms with van der Waals surface area (Å²) in [5, 5.41) is 19.9. The molecule has 0 saturated heterocycles. The van der Waals surface area contributed by atoms with Gasteiger partial charge in [-0.1, -0.05) is 11.8 Å². The highest BCUT2D eigenvalue weighted by Crippen LogP contribution is 2.35. The Morgan fingerprint density at radius 3 is 2.44 bits per heavy atom. The molecular formula is C12H8FNO3S. The smallest absolute Gasteiger partial charge is 0.286 e. The maximum Gasteiger partial charge on any atom is 0.286 e. The maximum atomic E-state index is 13.0. The molecule has 2 aromatic rings. The van der Waals surface area contributed by atoms with E-state index in [4.69, 9.17) is 5.11 Å². The van der Waals surface area contributed by atoms with E-state index < -0.39 is 10.7 Å². The van der Waals surface area contributed by atoms with Crippen molar-refractivity contribution in [2.75, 3.05) is 0 Å². The summed E-state index contributed by atoms with van der Waals surface area (Å²) in [4.78, 5) is 11.3. The summed E-state index contributed by atoms with van der Waals surface area (Å²) in [5.41, 5.74) is -0.270. The lowest BCUT2D eigenvalue weighted by molar-refractivity contribution is -0.387. The molecule has 0 saturated carbocycles. The minimum absolute atomic E-state index is 0.118. The molecule has 92 valence electrons. The van der Waals surface area contributed by atoms with E-state index in [0.717, 1.165) is 22.7 Å². The van der Waals surface area contributed by atoms with Crippen molar-refractivity contribution in [1.82, 2.24) is 0 Å². The number of phenolic OH excluding ortho intramolecular Hbond substituents is 1. The van der Waals surface area contributed by atoms with Gasteiger partial charge in [0.2, 0.25) is 0 Å². The lowest BCUT2D eigenvalue weighted by Gasteiger charge is -2.03. The molecule has 0 aliphatic carbocycles. The second-order valence-corrected chi connectivity index (χ2v) is 4.58. The molecule has 4 nitrogen and oxygen atoms in total. The number of nitrogens with zero attached hydrogens (tertiary/aromatic N) is 1. The van der Waals surface area contributed by atoms with Gasteiger partial charge in [0.05, 0.1) is 15.9 Å². The second-order valence-electron chi connectivity index (χ2n) is 3.47. The first-order valence-electron chi connectivity index (χ1n) is 4.97. The number of phenols is 1. The monoisotopic (exact) mass is 265 g/mol. The largest absolute Gasteiger partial charge is 0.508 e. The Labute approximate surface area is 106 Å². The van der Waals surface area contributed by atoms with Crippen molar-refractivity contribution >= 4 is 17.4 Å². The quantitative estimate of drug-likeness (QED) is 0.680. The first-order valence-corrected chi connectivity index (χ1v) is 5.79. The minimum atomic E-state index is -0.642. The van der Waals surface area contributed by atoms with Gasteiger partial charge in [-0.25, -0.2) is 4.39 Å². The van der Waals surface area contributed by atoms with Crippen LogP contribution in [0.4, 0.5) is 10.1 Å². The molecule has 2 aromatic carbocycles. The van der Waals surface area contributed by atoms with Gasteiger partial charge in [0.15, 0.2) is 0 Å². The number of halogens is 1. The molecule has 0 aliphatic rings. The molecule has 0 amide bonds. The van der Waals surface area contributed by atoms with Crippen LogP contribution in [-0.2, 0) is 0 Å². The number of nitro groups is 1. The van der Waals surface area contributed by atoms with Crippen LogP contribution in [0.1, 0.15) is 0 Å². The maximum absolute atomic E-state index is 13.0. The standard InChI is InChI=1S/C12H8FNO3S/c13-8-1-6-12(11(7-8)14(16)17)18-10-4-2-9(15)3-5-10/h1-7,15H. The predicted octanol–water partition coefficient (Wildman–Crippen LogP) is 3.59. The highest BCUT2D eigenvalue weighted by atomic mass is 32.2. The van der Waals surface area contributed by atoms with Crippen molar-refractivity contribution in [2.45, 2.75) is 9.79 Å². The Kier molecular flexibility index (Phi) is 3.47. The molecule has 0 spiro atoms. The Morgan fingerprint density at radius 2 is 1.83 bits per heavy atom. The van der Waals surface area contributed by atoms with E-state index in [2.05, 4.69) is 0 Å². The molecule has 0 heterocycles. The van der Waals surface area contributed by atoms with Crippen LogP contribution in [0.2, 0.25) is 0 Å². The molecule has 0 bridgehead atoms. The lowest BCUT2D eigenvalue weighted by Crippen LogP contribution is -1.91. The lowest BCUT2D eigenvalue weighted by atomic mass is 10.3. The average Bonchev–Trinajstić information content (AvgIpc) is 2.34. The predicted molar refractivity (Wildman–Crippen MR) is 65.3 cm³/mol. The molecule has 0 atom stereocenters. The number of hydrogen-bond donors (Lipinski definition) is 1. The summed E-state index contributed by atoms with van der Waals surface area (Å²) in [6.45, 7) is 0. The third kappa shape index (κ3) is 2.78. The van der Waals surface area contributed by atoms with Crippen LogP contribution < -0.4 is 0 Å². The van der Waals surface area contributed by atoms with Crippen LogP contribution >= 0.6 is 11.8 Å². The van der Waals surface area contributed by atoms with Gasteiger partial charge in [-0.05, 0) is 36.4 Å². The third-order valence-corrected chi connectivity index (χ3v) is 3.26. The zero-order valence-corrected chi connectivity index (χ0v) is 9.86. The molecule has 1 N–H and O–H groups in total. The van der Waals surface area contributed by atoms with Crippen molar-refractivity contribution in [3.8, 4) is 5.75 Å². The molecule has 0 radical (unpaired) electrons. The number of rotatable bonds is 3. The van der Waals surface area contributed by atoms with E-state index in [1.165, 1.54) is 24.3 Å². The van der Waals surface area contributed by atoms with Crippen LogP contribution in [0.25, 0.3) is 0 Å². The number of hydrogen-bond acceptors (Lipinski definition) is 4. The molecule has 2 rings (SSSR count). The molecule has 0 aromatic heterocycles. The van der Waals surface area contributed by atoms with Gasteiger partial charge in [-0.15, -0.1) is 0 Å². The Balaban J connectivity index is 2.34. The summed E-state index contributed by atoms with van der Waals surface area (Å²) in [6.07, 6.45) is 0. The number of aromatic hydroxyl groups is 1. The SMILES string of the molecule is O=[N+]([O-])c1cc(F)ccc1Sc1ccc(O)cc1. The molecule has 0 aliphatic heterocycles. The van der Waals surface area contributed by atoms with Crippen LogP contribution in [0.15, 0.2) is 52.3 Å². The average molecular weight is 265 g/mol. The molecule has 6 heteroatoms. The first kappa shape index (κ1) is 12.4. The summed E-state index contributed by atoms with van der Waals surface area (Å²) in [5.74, 6) is -0.523. The summed E-state index contributed by atoms with van der Waals surface area (Å²) in [7, 11) is 0. The number of benzene rings is 2. The van der Waals surface area contributed by atoms with Gasteiger partial charge in [-0.2, -0.15) is 0 Å². The van der Waals surface area contributed by atoms with Gasteiger partial charge in [0.25, 0.3) is 5.69 Å². The van der Waals surface area contributed by atoms with Crippen molar-refractivity contribution < 1.29 is 14.4 Å². The topological polar surface area (TPSA) is 63.4 Å². The van der Waals surface area contributed by atoms with Crippen LogP contribution in [0, 0.1) is 15.9 Å². The fourth-order valence-electron chi connectivity index (χ4n) is 1.36. The zero-order valence-electron chi connectivity index (χ0n) is 9.04. The van der Waals surface area contributed by atoms with Crippen molar-refractivity contribution in [1.29, 1.82) is 0 Å². The normalized spacial score (nSPS) is 10.3. The van der Waals surface area contributed by atoms with Crippen molar-refractivity contribution in [3.63, 3.8) is 0 Å². The van der Waals surface area contributed by atoms with E-state index >= 15 is 0 Å². The van der Waals surface area contributed by atoms with E-state index in [-0.39, 0.29) is 11.4 Å². The van der Waals surface area contributed by atoms with Crippen molar-refractivity contribution in [2.24, 2.45) is 0 Å². The molecular weight excluding hydrogens is 257 g/mol. The summed E-state index contributed by atoms with van der Waals surface area (Å²) < 4.78 is 13.0. The number of nitro benzene ring substituents is 1. The van der Waals surface area contributed by atoms with E-state index in [0.29, 0.717) is 4.90 Å². The first-order chi connectivity index (χ1) is 8.56. The Bertz CT molecular complexity index is 586. The highest BCUT2D eigenvalue weighted by molar-refractivity contribution is 7.99. The van der Waals surface area contributed by atoms with E-state index in [1.54, 1.807) is 12.1 Å². The van der Waals surface area contributed by atoms with E-state index in [9.17, 15) is 14.5 Å². The van der Waals surface area contributed by atoms with Crippen LogP contribution in [0.3, 0.4) is 0 Å². The van der Waals surface area contributed by atoms with Gasteiger partial charge in [-0.3, -0.25) is 10.1 Å². The highest BCUT2D eigenvalue weighted by Gasteiger charge is 2.15. The summed E-state index contributed by atoms with van der Waals surface area (Å²) >= 11 is 1.14. The van der Waals surface area contributed by atoms with Crippen LogP contribution in [-0.4, -0.2) is 10.0 Å². The minimum Gasteiger partial charge on any atom is -0.508 e. The van der Waals surface area contributed by atoms with Gasteiger partial charge in [0, 0.05) is 4.90 Å². The van der Waals surface area contributed by atoms with Crippen molar-refractivity contribution in [3.05, 3.63) is 58.4 Å². The second kappa shape index (κ2) is 5.05.